The van der Waals surface area contributed by atoms with Crippen molar-refractivity contribution in [1.82, 2.24) is 9.80 Å². The third kappa shape index (κ3) is 5.07. The fraction of sp³-hybridized carbons (Fsp3) is 0.435. The molecule has 2 aromatic carbocycles. The quantitative estimate of drug-likeness (QED) is 0.777. The van der Waals surface area contributed by atoms with Gasteiger partial charge in [-0.15, -0.1) is 0 Å². The number of amides is 1. The zero-order valence-electron chi connectivity index (χ0n) is 16.8. The highest BCUT2D eigenvalue weighted by atomic mass is 19.1. The molecule has 2 saturated heterocycles. The van der Waals surface area contributed by atoms with Gasteiger partial charge in [-0.05, 0) is 36.4 Å². The van der Waals surface area contributed by atoms with Crippen molar-refractivity contribution in [1.29, 1.82) is 0 Å². The SMILES string of the molecule is O=C(CCN1CCN(c2ccc(F)cc2)CC1)N1CCN(c2ccccc2)CC1. The molecule has 2 fully saturated rings. The van der Waals surface area contributed by atoms with Gasteiger partial charge in [0.15, 0.2) is 0 Å². The molecule has 0 bridgehead atoms. The van der Waals surface area contributed by atoms with E-state index in [1.165, 1.54) is 17.8 Å². The van der Waals surface area contributed by atoms with E-state index in [2.05, 4.69) is 39.0 Å². The lowest BCUT2D eigenvalue weighted by molar-refractivity contribution is -0.131. The van der Waals surface area contributed by atoms with Crippen molar-refractivity contribution >= 4 is 17.3 Å². The highest BCUT2D eigenvalue weighted by Crippen LogP contribution is 2.18. The number of rotatable bonds is 5. The van der Waals surface area contributed by atoms with Gasteiger partial charge in [-0.1, -0.05) is 18.2 Å². The van der Waals surface area contributed by atoms with Gasteiger partial charge in [0, 0.05) is 76.7 Å². The zero-order valence-corrected chi connectivity index (χ0v) is 16.8. The Labute approximate surface area is 172 Å². The molecule has 2 aliphatic heterocycles. The van der Waals surface area contributed by atoms with Crippen molar-refractivity contribution in [2.24, 2.45) is 0 Å². The summed E-state index contributed by atoms with van der Waals surface area (Å²) in [5.74, 6) is 0.0641. The van der Waals surface area contributed by atoms with Crippen LogP contribution in [-0.4, -0.2) is 74.6 Å². The minimum atomic E-state index is -0.199. The number of para-hydroxylation sites is 1. The zero-order chi connectivity index (χ0) is 20.1. The van der Waals surface area contributed by atoms with Gasteiger partial charge < -0.3 is 14.7 Å². The lowest BCUT2D eigenvalue weighted by Crippen LogP contribution is -2.50. The van der Waals surface area contributed by atoms with Crippen LogP contribution in [0.1, 0.15) is 6.42 Å². The summed E-state index contributed by atoms with van der Waals surface area (Å²) >= 11 is 0. The van der Waals surface area contributed by atoms with E-state index in [0.717, 1.165) is 64.6 Å². The van der Waals surface area contributed by atoms with Crippen LogP contribution >= 0.6 is 0 Å². The van der Waals surface area contributed by atoms with E-state index >= 15 is 0 Å². The van der Waals surface area contributed by atoms with Crippen molar-refractivity contribution in [2.45, 2.75) is 6.42 Å². The number of anilines is 2. The first kappa shape index (κ1) is 19.7. The molecule has 0 unspecified atom stereocenters. The summed E-state index contributed by atoms with van der Waals surface area (Å²) < 4.78 is 13.1. The Morgan fingerprint density at radius 1 is 0.724 bits per heavy atom. The number of hydrogen-bond acceptors (Lipinski definition) is 4. The highest BCUT2D eigenvalue weighted by Gasteiger charge is 2.23. The molecule has 154 valence electrons. The Morgan fingerprint density at radius 2 is 1.28 bits per heavy atom. The first-order chi connectivity index (χ1) is 14.2. The summed E-state index contributed by atoms with van der Waals surface area (Å²) in [5.41, 5.74) is 2.30. The Hall–Kier alpha value is -2.60. The summed E-state index contributed by atoms with van der Waals surface area (Å²) in [6.07, 6.45) is 0.585. The van der Waals surface area contributed by atoms with Crippen LogP contribution in [0.15, 0.2) is 54.6 Å². The number of halogens is 1. The maximum atomic E-state index is 13.1. The number of benzene rings is 2. The fourth-order valence-electron chi connectivity index (χ4n) is 4.15. The van der Waals surface area contributed by atoms with E-state index in [4.69, 9.17) is 0 Å². The van der Waals surface area contributed by atoms with E-state index in [1.807, 2.05) is 23.1 Å². The van der Waals surface area contributed by atoms with E-state index in [1.54, 1.807) is 0 Å². The summed E-state index contributed by atoms with van der Waals surface area (Å²) in [6, 6.07) is 17.1. The second-order valence-corrected chi connectivity index (χ2v) is 7.76. The molecule has 0 aliphatic carbocycles. The minimum Gasteiger partial charge on any atom is -0.369 e. The van der Waals surface area contributed by atoms with Crippen LogP contribution in [0.4, 0.5) is 15.8 Å². The molecule has 1 amide bonds. The topological polar surface area (TPSA) is 30.0 Å². The maximum Gasteiger partial charge on any atom is 0.223 e. The monoisotopic (exact) mass is 396 g/mol. The second kappa shape index (κ2) is 9.27. The van der Waals surface area contributed by atoms with Gasteiger partial charge in [-0.25, -0.2) is 4.39 Å². The molecular formula is C23H29FN4O. The molecule has 0 aromatic heterocycles. The average Bonchev–Trinajstić information content (AvgIpc) is 2.79. The predicted molar refractivity (Wildman–Crippen MR) is 115 cm³/mol. The Kier molecular flexibility index (Phi) is 6.30. The number of nitrogens with zero attached hydrogens (tertiary/aromatic N) is 4. The predicted octanol–water partition coefficient (Wildman–Crippen LogP) is 2.69. The van der Waals surface area contributed by atoms with Gasteiger partial charge in [-0.3, -0.25) is 9.69 Å². The van der Waals surface area contributed by atoms with Crippen molar-refractivity contribution in [3.8, 4) is 0 Å². The second-order valence-electron chi connectivity index (χ2n) is 7.76. The van der Waals surface area contributed by atoms with Gasteiger partial charge in [0.2, 0.25) is 5.91 Å². The van der Waals surface area contributed by atoms with E-state index in [9.17, 15) is 9.18 Å². The van der Waals surface area contributed by atoms with Crippen molar-refractivity contribution in [3.63, 3.8) is 0 Å². The fourth-order valence-corrected chi connectivity index (χ4v) is 4.15. The summed E-state index contributed by atoms with van der Waals surface area (Å²) in [5, 5.41) is 0. The van der Waals surface area contributed by atoms with Crippen molar-refractivity contribution in [3.05, 3.63) is 60.4 Å². The number of hydrogen-bond donors (Lipinski definition) is 0. The largest absolute Gasteiger partial charge is 0.369 e. The molecule has 0 saturated carbocycles. The molecule has 2 heterocycles. The van der Waals surface area contributed by atoms with Crippen molar-refractivity contribution < 1.29 is 9.18 Å². The Morgan fingerprint density at radius 3 is 1.90 bits per heavy atom. The molecule has 2 aromatic rings. The molecule has 4 rings (SSSR count). The molecule has 6 heteroatoms. The van der Waals surface area contributed by atoms with Gasteiger partial charge >= 0.3 is 0 Å². The van der Waals surface area contributed by atoms with E-state index in [-0.39, 0.29) is 11.7 Å². The lowest BCUT2D eigenvalue weighted by Gasteiger charge is -2.38. The Balaban J connectivity index is 1.17. The molecule has 5 nitrogen and oxygen atoms in total. The van der Waals surface area contributed by atoms with Gasteiger partial charge in [0.1, 0.15) is 5.82 Å². The molecule has 0 atom stereocenters. The third-order valence-corrected chi connectivity index (χ3v) is 5.96. The normalized spacial score (nSPS) is 18.2. The van der Waals surface area contributed by atoms with Gasteiger partial charge in [0.25, 0.3) is 0 Å². The van der Waals surface area contributed by atoms with Crippen LogP contribution in [0.2, 0.25) is 0 Å². The third-order valence-electron chi connectivity index (χ3n) is 5.96. The molecule has 2 aliphatic rings. The number of piperazine rings is 2. The van der Waals surface area contributed by atoms with Gasteiger partial charge in [0.05, 0.1) is 0 Å². The van der Waals surface area contributed by atoms with Crippen LogP contribution in [0.25, 0.3) is 0 Å². The van der Waals surface area contributed by atoms with E-state index in [0.29, 0.717) is 6.42 Å². The van der Waals surface area contributed by atoms with Crippen LogP contribution in [-0.2, 0) is 4.79 Å². The molecule has 0 radical (unpaired) electrons. The van der Waals surface area contributed by atoms with Crippen LogP contribution in [0.3, 0.4) is 0 Å². The summed E-state index contributed by atoms with van der Waals surface area (Å²) in [4.78, 5) is 21.6. The smallest absolute Gasteiger partial charge is 0.223 e. The standard InChI is InChI=1S/C23H29FN4O/c24-20-6-8-22(9-7-20)26-14-12-25(13-15-26)11-10-23(29)28-18-16-27(17-19-28)21-4-2-1-3-5-21/h1-9H,10-19H2. The molecule has 0 spiro atoms. The first-order valence-corrected chi connectivity index (χ1v) is 10.5. The average molecular weight is 397 g/mol. The van der Waals surface area contributed by atoms with Crippen LogP contribution < -0.4 is 9.80 Å². The lowest BCUT2D eigenvalue weighted by atomic mass is 10.2. The molecular weight excluding hydrogens is 367 g/mol. The number of carbonyl (C=O) groups excluding carboxylic acids is 1. The first-order valence-electron chi connectivity index (χ1n) is 10.5. The Bertz CT molecular complexity index is 782. The summed E-state index contributed by atoms with van der Waals surface area (Å²) in [6.45, 7) is 7.90. The number of carbonyl (C=O) groups is 1. The maximum absolute atomic E-state index is 13.1. The molecule has 0 N–H and O–H groups in total. The molecule has 29 heavy (non-hydrogen) atoms. The highest BCUT2D eigenvalue weighted by molar-refractivity contribution is 5.76. The van der Waals surface area contributed by atoms with Gasteiger partial charge in [-0.2, -0.15) is 0 Å². The summed E-state index contributed by atoms with van der Waals surface area (Å²) in [7, 11) is 0. The minimum absolute atomic E-state index is 0.199. The van der Waals surface area contributed by atoms with Crippen molar-refractivity contribution in [2.75, 3.05) is 68.7 Å². The van der Waals surface area contributed by atoms with Crippen LogP contribution in [0.5, 0.6) is 0 Å². The van der Waals surface area contributed by atoms with Crippen LogP contribution in [0, 0.1) is 5.82 Å². The van der Waals surface area contributed by atoms with E-state index < -0.39 is 0 Å².